The highest BCUT2D eigenvalue weighted by Crippen LogP contribution is 2.20. The fourth-order valence-electron chi connectivity index (χ4n) is 3.48. The van der Waals surface area contributed by atoms with Gasteiger partial charge in [0.2, 0.25) is 0 Å². The van der Waals surface area contributed by atoms with E-state index in [1.165, 1.54) is 42.4 Å². The molecule has 2 aromatic rings. The van der Waals surface area contributed by atoms with Gasteiger partial charge in [-0.3, -0.25) is 4.90 Å². The molecule has 0 amide bonds. The maximum Gasteiger partial charge on any atom is 0.0481 e. The fourth-order valence-corrected chi connectivity index (χ4v) is 3.48. The molecule has 2 heterocycles. The molecule has 0 unspecified atom stereocenters. The minimum Gasteiger partial charge on any atom is -0.350 e. The molecule has 20 heavy (non-hydrogen) atoms. The Morgan fingerprint density at radius 2 is 2.15 bits per heavy atom. The lowest BCUT2D eigenvalue weighted by Gasteiger charge is -2.22. The number of fused-ring (bicyclic) bond motifs is 1. The molecule has 0 bridgehead atoms. The molecule has 3 nitrogen and oxygen atoms in total. The zero-order chi connectivity index (χ0) is 13.9. The lowest BCUT2D eigenvalue weighted by molar-refractivity contribution is 0.260. The first-order valence-electron chi connectivity index (χ1n) is 7.77. The molecule has 0 saturated carbocycles. The molecule has 0 spiro atoms. The van der Waals surface area contributed by atoms with Gasteiger partial charge in [-0.15, -0.1) is 0 Å². The van der Waals surface area contributed by atoms with Crippen LogP contribution in [0, 0.1) is 0 Å². The summed E-state index contributed by atoms with van der Waals surface area (Å²) in [5, 5.41) is 5.03. The number of likely N-dealkylation sites (tertiary alicyclic amines) is 1. The number of rotatable bonds is 5. The molecule has 0 radical (unpaired) electrons. The number of likely N-dealkylation sites (N-methyl/N-ethyl adjacent to an activating group) is 1. The summed E-state index contributed by atoms with van der Waals surface area (Å²) in [6.45, 7) is 6.80. The molecule has 1 saturated heterocycles. The third-order valence-corrected chi connectivity index (χ3v) is 4.58. The second-order valence-electron chi connectivity index (χ2n) is 5.84. The third-order valence-electron chi connectivity index (χ3n) is 4.58. The summed E-state index contributed by atoms with van der Waals surface area (Å²) in [6, 6.07) is 9.38. The topological polar surface area (TPSA) is 20.2 Å². The summed E-state index contributed by atoms with van der Waals surface area (Å²) in [6.07, 6.45) is 4.95. The number of hydrogen-bond acceptors (Lipinski definition) is 2. The number of hydrogen-bond donors (Lipinski definition) is 1. The number of nitrogens with one attached hydrogen (secondary N) is 1. The van der Waals surface area contributed by atoms with E-state index in [2.05, 4.69) is 59.2 Å². The Kier molecular flexibility index (Phi) is 4.08. The van der Waals surface area contributed by atoms with Crippen molar-refractivity contribution in [2.24, 2.45) is 7.05 Å². The highest BCUT2D eigenvalue weighted by atomic mass is 15.2. The van der Waals surface area contributed by atoms with Crippen molar-refractivity contribution in [3.05, 3.63) is 36.0 Å². The minimum atomic E-state index is 0.731. The summed E-state index contributed by atoms with van der Waals surface area (Å²) >= 11 is 0. The average Bonchev–Trinajstić information content (AvgIpc) is 3.05. The summed E-state index contributed by atoms with van der Waals surface area (Å²) < 4.78 is 2.22. The van der Waals surface area contributed by atoms with Crippen LogP contribution in [-0.2, 0) is 13.6 Å². The second kappa shape index (κ2) is 5.98. The Hall–Kier alpha value is -1.32. The number of aromatic nitrogens is 1. The lowest BCUT2D eigenvalue weighted by Crippen LogP contribution is -2.37. The Morgan fingerprint density at radius 3 is 3.00 bits per heavy atom. The number of benzene rings is 1. The van der Waals surface area contributed by atoms with E-state index in [0.717, 1.165) is 19.1 Å². The maximum atomic E-state index is 3.66. The van der Waals surface area contributed by atoms with Gasteiger partial charge in [0.05, 0.1) is 0 Å². The lowest BCUT2D eigenvalue weighted by atomic mass is 10.1. The van der Waals surface area contributed by atoms with Crippen LogP contribution >= 0.6 is 0 Å². The van der Waals surface area contributed by atoms with Crippen LogP contribution in [0.5, 0.6) is 0 Å². The average molecular weight is 271 g/mol. The molecule has 1 N–H and O–H groups in total. The molecule has 1 aliphatic rings. The normalized spacial score (nSPS) is 20.0. The molecule has 3 heteroatoms. The smallest absolute Gasteiger partial charge is 0.0481 e. The zero-order valence-electron chi connectivity index (χ0n) is 12.6. The van der Waals surface area contributed by atoms with Gasteiger partial charge in [0.25, 0.3) is 0 Å². The van der Waals surface area contributed by atoms with Crippen molar-refractivity contribution in [2.75, 3.05) is 19.6 Å². The predicted octanol–water partition coefficient (Wildman–Crippen LogP) is 2.75. The van der Waals surface area contributed by atoms with Crippen LogP contribution in [0.2, 0.25) is 0 Å². The van der Waals surface area contributed by atoms with Gasteiger partial charge in [0.1, 0.15) is 0 Å². The van der Waals surface area contributed by atoms with Gasteiger partial charge in [-0.05, 0) is 37.6 Å². The quantitative estimate of drug-likeness (QED) is 0.902. The second-order valence-corrected chi connectivity index (χ2v) is 5.84. The van der Waals surface area contributed by atoms with Gasteiger partial charge in [-0.25, -0.2) is 0 Å². The van der Waals surface area contributed by atoms with Crippen molar-refractivity contribution in [3.63, 3.8) is 0 Å². The molecule has 108 valence electrons. The molecule has 1 aromatic heterocycles. The standard InChI is InChI=1S/C17H25N3/c1-3-20-10-6-7-15(20)12-18-11-14-13-19(2)17-9-5-4-8-16(14)17/h4-5,8-9,13,15,18H,3,6-7,10-12H2,1-2H3/t15-/m1/s1. The first-order valence-corrected chi connectivity index (χ1v) is 7.77. The molecule has 1 aliphatic heterocycles. The van der Waals surface area contributed by atoms with E-state index < -0.39 is 0 Å². The van der Waals surface area contributed by atoms with E-state index in [-0.39, 0.29) is 0 Å². The van der Waals surface area contributed by atoms with Crippen molar-refractivity contribution in [1.82, 2.24) is 14.8 Å². The Morgan fingerprint density at radius 1 is 1.30 bits per heavy atom. The monoisotopic (exact) mass is 271 g/mol. The van der Waals surface area contributed by atoms with Crippen LogP contribution in [0.15, 0.2) is 30.5 Å². The van der Waals surface area contributed by atoms with Crippen LogP contribution in [0.3, 0.4) is 0 Å². The SMILES string of the molecule is CCN1CCC[C@@H]1CNCc1cn(C)c2ccccc12. The van der Waals surface area contributed by atoms with Gasteiger partial charge < -0.3 is 9.88 Å². The summed E-state index contributed by atoms with van der Waals surface area (Å²) in [7, 11) is 2.13. The van der Waals surface area contributed by atoms with Crippen molar-refractivity contribution in [1.29, 1.82) is 0 Å². The molecular formula is C17H25N3. The fraction of sp³-hybridized carbons (Fsp3) is 0.529. The molecule has 0 aliphatic carbocycles. The van der Waals surface area contributed by atoms with Crippen molar-refractivity contribution < 1.29 is 0 Å². The van der Waals surface area contributed by atoms with Crippen LogP contribution < -0.4 is 5.32 Å². The summed E-state index contributed by atoms with van der Waals surface area (Å²) in [5.74, 6) is 0. The molecule has 1 atom stereocenters. The van der Waals surface area contributed by atoms with Crippen LogP contribution in [0.25, 0.3) is 10.9 Å². The maximum absolute atomic E-state index is 3.66. The minimum absolute atomic E-state index is 0.731. The molecule has 3 rings (SSSR count). The van der Waals surface area contributed by atoms with E-state index in [1.807, 2.05) is 0 Å². The molecular weight excluding hydrogens is 246 g/mol. The van der Waals surface area contributed by atoms with Gasteiger partial charge in [-0.2, -0.15) is 0 Å². The largest absolute Gasteiger partial charge is 0.350 e. The Balaban J connectivity index is 1.63. The Labute approximate surface area is 121 Å². The van der Waals surface area contributed by atoms with E-state index >= 15 is 0 Å². The van der Waals surface area contributed by atoms with Gasteiger partial charge in [0, 0.05) is 43.3 Å². The zero-order valence-corrected chi connectivity index (χ0v) is 12.6. The van der Waals surface area contributed by atoms with Crippen molar-refractivity contribution in [2.45, 2.75) is 32.4 Å². The van der Waals surface area contributed by atoms with Gasteiger partial charge in [0.15, 0.2) is 0 Å². The number of aryl methyl sites for hydroxylation is 1. The van der Waals surface area contributed by atoms with Crippen molar-refractivity contribution >= 4 is 10.9 Å². The van der Waals surface area contributed by atoms with Crippen LogP contribution in [0.1, 0.15) is 25.3 Å². The first kappa shape index (κ1) is 13.7. The number of para-hydroxylation sites is 1. The number of nitrogens with zero attached hydrogens (tertiary/aromatic N) is 2. The molecule has 1 fully saturated rings. The van der Waals surface area contributed by atoms with Crippen molar-refractivity contribution in [3.8, 4) is 0 Å². The Bertz CT molecular complexity index is 573. The van der Waals surface area contributed by atoms with Gasteiger partial charge >= 0.3 is 0 Å². The molecule has 1 aromatic carbocycles. The van der Waals surface area contributed by atoms with E-state index in [1.54, 1.807) is 0 Å². The first-order chi connectivity index (χ1) is 9.79. The summed E-state index contributed by atoms with van der Waals surface area (Å²) in [5.41, 5.74) is 2.73. The highest BCUT2D eigenvalue weighted by Gasteiger charge is 2.22. The predicted molar refractivity (Wildman–Crippen MR) is 84.9 cm³/mol. The summed E-state index contributed by atoms with van der Waals surface area (Å²) in [4.78, 5) is 2.59. The van der Waals surface area contributed by atoms with E-state index in [4.69, 9.17) is 0 Å². The van der Waals surface area contributed by atoms with Crippen LogP contribution in [0.4, 0.5) is 0 Å². The van der Waals surface area contributed by atoms with E-state index in [9.17, 15) is 0 Å². The van der Waals surface area contributed by atoms with E-state index in [0.29, 0.717) is 0 Å². The van der Waals surface area contributed by atoms with Gasteiger partial charge in [-0.1, -0.05) is 25.1 Å². The highest BCUT2D eigenvalue weighted by molar-refractivity contribution is 5.83. The van der Waals surface area contributed by atoms with Crippen LogP contribution in [-0.4, -0.2) is 35.1 Å². The third kappa shape index (κ3) is 2.60.